The van der Waals surface area contributed by atoms with Crippen molar-refractivity contribution in [3.63, 3.8) is 0 Å². The molecule has 1 aliphatic heterocycles. The number of aromatic nitrogens is 1. The molecule has 3 aliphatic carbocycles. The van der Waals surface area contributed by atoms with Gasteiger partial charge in [0.25, 0.3) is 0 Å². The average Bonchev–Trinajstić information content (AvgIpc) is 3.46. The van der Waals surface area contributed by atoms with E-state index in [9.17, 15) is 9.59 Å². The highest BCUT2D eigenvalue weighted by Gasteiger charge is 2.68. The summed E-state index contributed by atoms with van der Waals surface area (Å²) in [5, 5.41) is 8.58. The topological polar surface area (TPSA) is 81.6 Å². The van der Waals surface area contributed by atoms with E-state index in [2.05, 4.69) is 87.2 Å². The molecule has 2 bridgehead atoms. The fourth-order valence-electron chi connectivity index (χ4n) is 8.38. The van der Waals surface area contributed by atoms with E-state index in [-0.39, 0.29) is 47.3 Å². The number of para-hydroxylation sites is 1. The molecule has 3 aromatic rings. The molecule has 4 aliphatic rings. The summed E-state index contributed by atoms with van der Waals surface area (Å²) in [6, 6.07) is 13.6. The molecule has 9 heteroatoms. The van der Waals surface area contributed by atoms with Crippen molar-refractivity contribution in [2.75, 3.05) is 0 Å². The monoisotopic (exact) mass is 663 g/mol. The maximum atomic E-state index is 14.0. The standard InChI is InChI=1S/C35H47BBrN3O4/c1-20(2)14-26(38-32(41)19-40-27-11-9-8-10-24(27)25-13-12-23(37)18-28(25)40)33(42)39-31(15-21(3)4)36-43-30-17-22-16-29(34(22,5)6)35(30,7)44-36/h8-13,18,20-22,26,29-31H,14-17,19H2,1-7H3,(H,38,41)(H,39,42)/t22-,26-,29-,30+,31-,35-/m0/s1. The van der Waals surface area contributed by atoms with Gasteiger partial charge in [0.1, 0.15) is 12.6 Å². The van der Waals surface area contributed by atoms with Crippen LogP contribution >= 0.6 is 15.9 Å². The highest BCUT2D eigenvalue weighted by molar-refractivity contribution is 9.10. The normalized spacial score (nSPS) is 27.0. The van der Waals surface area contributed by atoms with Crippen LogP contribution in [0, 0.1) is 29.1 Å². The van der Waals surface area contributed by atoms with E-state index in [0.29, 0.717) is 24.2 Å². The van der Waals surface area contributed by atoms with E-state index >= 15 is 0 Å². The largest absolute Gasteiger partial charge is 0.481 e. The van der Waals surface area contributed by atoms with Gasteiger partial charge in [-0.1, -0.05) is 81.7 Å². The third-order valence-corrected chi connectivity index (χ3v) is 11.2. The Labute approximate surface area is 270 Å². The van der Waals surface area contributed by atoms with Crippen molar-refractivity contribution >= 4 is 56.7 Å². The predicted octanol–water partition coefficient (Wildman–Crippen LogP) is 6.89. The molecule has 0 unspecified atom stereocenters. The lowest BCUT2D eigenvalue weighted by Crippen LogP contribution is -2.65. The Balaban J connectivity index is 1.19. The maximum Gasteiger partial charge on any atom is 0.481 e. The summed E-state index contributed by atoms with van der Waals surface area (Å²) in [7, 11) is -0.502. The van der Waals surface area contributed by atoms with Gasteiger partial charge in [-0.3, -0.25) is 9.59 Å². The Hall–Kier alpha value is -2.36. The highest BCUT2D eigenvalue weighted by Crippen LogP contribution is 2.65. The van der Waals surface area contributed by atoms with Crippen LogP contribution in [0.4, 0.5) is 0 Å². The van der Waals surface area contributed by atoms with Gasteiger partial charge in [-0.2, -0.15) is 0 Å². The number of fused-ring (bicyclic) bond motifs is 3. The molecule has 0 radical (unpaired) electrons. The van der Waals surface area contributed by atoms with Gasteiger partial charge in [0.15, 0.2) is 0 Å². The minimum absolute atomic E-state index is 0.0493. The van der Waals surface area contributed by atoms with Crippen LogP contribution in [0.2, 0.25) is 0 Å². The van der Waals surface area contributed by atoms with E-state index in [4.69, 9.17) is 9.31 Å². The second kappa shape index (κ2) is 11.8. The zero-order valence-electron chi connectivity index (χ0n) is 27.2. The minimum Gasteiger partial charge on any atom is -0.404 e. The molecule has 2 aromatic carbocycles. The van der Waals surface area contributed by atoms with Gasteiger partial charge in [-0.15, -0.1) is 0 Å². The van der Waals surface area contributed by atoms with E-state index in [1.54, 1.807) is 0 Å². The number of nitrogens with zero attached hydrogens (tertiary/aromatic N) is 1. The second-order valence-electron chi connectivity index (χ2n) is 15.1. The Morgan fingerprint density at radius 1 is 0.977 bits per heavy atom. The fraction of sp³-hybridized carbons (Fsp3) is 0.600. The number of carbonyl (C=O) groups is 2. The second-order valence-corrected chi connectivity index (χ2v) is 16.0. The van der Waals surface area contributed by atoms with Gasteiger partial charge in [0.2, 0.25) is 11.8 Å². The van der Waals surface area contributed by atoms with Crippen molar-refractivity contribution in [1.29, 1.82) is 0 Å². The summed E-state index contributed by atoms with van der Waals surface area (Å²) in [4.78, 5) is 27.6. The fourth-order valence-corrected chi connectivity index (χ4v) is 8.73. The lowest BCUT2D eigenvalue weighted by atomic mass is 9.43. The number of rotatable bonds is 10. The zero-order valence-corrected chi connectivity index (χ0v) is 28.7. The summed E-state index contributed by atoms with van der Waals surface area (Å²) in [5.74, 6) is 0.990. The third kappa shape index (κ3) is 5.62. The van der Waals surface area contributed by atoms with Crippen molar-refractivity contribution in [3.8, 4) is 0 Å². The number of benzene rings is 2. The van der Waals surface area contributed by atoms with Crippen molar-refractivity contribution < 1.29 is 18.9 Å². The molecular formula is C35H47BBrN3O4. The van der Waals surface area contributed by atoms with Crippen molar-refractivity contribution in [2.45, 2.75) is 104 Å². The van der Waals surface area contributed by atoms with Gasteiger partial charge in [0.05, 0.1) is 23.2 Å². The van der Waals surface area contributed by atoms with E-state index in [1.807, 2.05) is 34.9 Å². The van der Waals surface area contributed by atoms with Crippen LogP contribution in [0.1, 0.15) is 74.1 Å². The summed E-state index contributed by atoms with van der Waals surface area (Å²) in [6.07, 6.45) is 3.51. The number of hydrogen-bond acceptors (Lipinski definition) is 4. The molecule has 6 atom stereocenters. The van der Waals surface area contributed by atoms with E-state index in [0.717, 1.165) is 39.1 Å². The quantitative estimate of drug-likeness (QED) is 0.232. The van der Waals surface area contributed by atoms with Crippen LogP contribution in [0.5, 0.6) is 0 Å². The lowest BCUT2D eigenvalue weighted by Gasteiger charge is -2.64. The third-order valence-electron chi connectivity index (χ3n) is 10.7. The van der Waals surface area contributed by atoms with Gasteiger partial charge in [-0.25, -0.2) is 0 Å². The molecule has 0 spiro atoms. The van der Waals surface area contributed by atoms with Gasteiger partial charge < -0.3 is 24.5 Å². The molecule has 2 N–H and O–H groups in total. The Kier molecular flexibility index (Phi) is 8.46. The summed E-state index contributed by atoms with van der Waals surface area (Å²) >= 11 is 3.59. The highest BCUT2D eigenvalue weighted by atomic mass is 79.9. The van der Waals surface area contributed by atoms with Gasteiger partial charge in [0, 0.05) is 20.8 Å². The van der Waals surface area contributed by atoms with Crippen molar-refractivity contribution in [1.82, 2.24) is 15.2 Å². The average molecular weight is 664 g/mol. The smallest absolute Gasteiger partial charge is 0.404 e. The number of nitrogens with one attached hydrogen (secondary N) is 2. The first-order valence-corrected chi connectivity index (χ1v) is 17.2. The number of hydrogen-bond donors (Lipinski definition) is 2. The van der Waals surface area contributed by atoms with E-state index < -0.39 is 13.2 Å². The van der Waals surface area contributed by atoms with Crippen LogP contribution in [0.15, 0.2) is 46.9 Å². The molecule has 7 nitrogen and oxygen atoms in total. The molecule has 1 aromatic heterocycles. The molecule has 44 heavy (non-hydrogen) atoms. The van der Waals surface area contributed by atoms with Gasteiger partial charge in [-0.05, 0) is 79.9 Å². The van der Waals surface area contributed by atoms with Crippen LogP contribution in [0.3, 0.4) is 0 Å². The molecule has 2 heterocycles. The first-order chi connectivity index (χ1) is 20.8. The molecule has 236 valence electrons. The molecule has 7 rings (SSSR count). The zero-order chi connectivity index (χ0) is 31.6. The first-order valence-electron chi connectivity index (χ1n) is 16.4. The number of carbonyl (C=O) groups excluding carboxylic acids is 2. The van der Waals surface area contributed by atoms with Crippen LogP contribution < -0.4 is 10.6 Å². The Morgan fingerprint density at radius 3 is 2.39 bits per heavy atom. The Morgan fingerprint density at radius 2 is 1.68 bits per heavy atom. The SMILES string of the molecule is CC(C)C[C@H](NC(=O)[C@H](CC(C)C)NC(=O)Cn1c2ccccc2c2ccc(Br)cc21)B1O[C@@H]2C[C@@H]3C[C@@H](C3(C)C)[C@]2(C)O1. The number of amides is 2. The Bertz CT molecular complexity index is 1570. The predicted molar refractivity (Wildman–Crippen MR) is 180 cm³/mol. The molecule has 4 fully saturated rings. The van der Waals surface area contributed by atoms with E-state index in [1.165, 1.54) is 6.42 Å². The maximum absolute atomic E-state index is 14.0. The lowest BCUT2D eigenvalue weighted by molar-refractivity contribution is -0.199. The summed E-state index contributed by atoms with van der Waals surface area (Å²) in [5.41, 5.74) is 1.87. The van der Waals surface area contributed by atoms with Crippen molar-refractivity contribution in [2.24, 2.45) is 29.1 Å². The molecule has 2 amide bonds. The number of halogens is 1. The minimum atomic E-state index is -0.664. The molecule has 3 saturated carbocycles. The summed E-state index contributed by atoms with van der Waals surface area (Å²) < 4.78 is 16.4. The van der Waals surface area contributed by atoms with Crippen molar-refractivity contribution in [3.05, 3.63) is 46.9 Å². The van der Waals surface area contributed by atoms with Crippen LogP contribution in [0.25, 0.3) is 21.8 Å². The van der Waals surface area contributed by atoms with Crippen LogP contribution in [-0.2, 0) is 25.4 Å². The molecular weight excluding hydrogens is 617 g/mol. The van der Waals surface area contributed by atoms with Gasteiger partial charge >= 0.3 is 7.12 Å². The first kappa shape index (κ1) is 31.6. The van der Waals surface area contributed by atoms with Crippen LogP contribution in [-0.4, -0.2) is 47.2 Å². The molecule has 1 saturated heterocycles. The summed E-state index contributed by atoms with van der Waals surface area (Å²) in [6.45, 7) is 15.5.